The summed E-state index contributed by atoms with van der Waals surface area (Å²) >= 11 is 0. The Morgan fingerprint density at radius 1 is 1.17 bits per heavy atom. The molecule has 122 valence electrons. The van der Waals surface area contributed by atoms with Crippen LogP contribution in [0.3, 0.4) is 0 Å². The van der Waals surface area contributed by atoms with E-state index in [1.165, 1.54) is 5.56 Å². The van der Waals surface area contributed by atoms with E-state index in [2.05, 4.69) is 41.3 Å². The first-order valence-corrected chi connectivity index (χ1v) is 8.11. The fourth-order valence-corrected chi connectivity index (χ4v) is 2.48. The minimum absolute atomic E-state index is 0.136. The van der Waals surface area contributed by atoms with Crippen molar-refractivity contribution < 1.29 is 4.79 Å². The number of aromatic nitrogens is 2. The molecule has 0 aliphatic heterocycles. The molecule has 0 aliphatic rings. The van der Waals surface area contributed by atoms with Crippen molar-refractivity contribution in [1.82, 2.24) is 15.3 Å². The van der Waals surface area contributed by atoms with Crippen molar-refractivity contribution >= 4 is 23.0 Å². The van der Waals surface area contributed by atoms with E-state index in [9.17, 15) is 4.79 Å². The molecule has 2 N–H and O–H groups in total. The number of nitrogens with zero attached hydrogens (tertiary/aromatic N) is 1. The molecule has 0 atom stereocenters. The van der Waals surface area contributed by atoms with Crippen LogP contribution in [0.25, 0.3) is 17.1 Å². The number of fused-ring (bicyclic) bond motifs is 1. The summed E-state index contributed by atoms with van der Waals surface area (Å²) in [5, 5.41) is 2.84. The maximum absolute atomic E-state index is 11.9. The van der Waals surface area contributed by atoms with E-state index in [1.54, 1.807) is 6.08 Å². The molecule has 3 aromatic rings. The molecule has 0 aliphatic carbocycles. The summed E-state index contributed by atoms with van der Waals surface area (Å²) in [5.74, 6) is 1.12. The number of aromatic amines is 1. The minimum atomic E-state index is -0.136. The van der Waals surface area contributed by atoms with E-state index in [0.29, 0.717) is 12.5 Å². The number of nitrogens with one attached hydrogen (secondary N) is 2. The molecule has 0 spiro atoms. The van der Waals surface area contributed by atoms with Gasteiger partial charge in [0.05, 0.1) is 17.6 Å². The molecule has 0 bridgehead atoms. The molecule has 1 heterocycles. The zero-order chi connectivity index (χ0) is 16.9. The third kappa shape index (κ3) is 3.90. The average Bonchev–Trinajstić information content (AvgIpc) is 3.01. The van der Waals surface area contributed by atoms with Gasteiger partial charge in [0.1, 0.15) is 5.82 Å². The first kappa shape index (κ1) is 16.0. The van der Waals surface area contributed by atoms with Crippen molar-refractivity contribution in [2.45, 2.75) is 26.3 Å². The van der Waals surface area contributed by atoms with Crippen LogP contribution in [-0.4, -0.2) is 15.9 Å². The van der Waals surface area contributed by atoms with E-state index in [-0.39, 0.29) is 5.91 Å². The first-order chi connectivity index (χ1) is 11.6. The van der Waals surface area contributed by atoms with E-state index in [0.717, 1.165) is 22.4 Å². The number of amides is 1. The molecule has 0 radical (unpaired) electrons. The smallest absolute Gasteiger partial charge is 0.244 e. The molecule has 0 saturated carbocycles. The summed E-state index contributed by atoms with van der Waals surface area (Å²) in [5.41, 5.74) is 4.19. The van der Waals surface area contributed by atoms with Gasteiger partial charge in [0, 0.05) is 6.08 Å². The van der Waals surface area contributed by atoms with Gasteiger partial charge in [-0.15, -0.1) is 0 Å². The van der Waals surface area contributed by atoms with Crippen LogP contribution >= 0.6 is 0 Å². The summed E-state index contributed by atoms with van der Waals surface area (Å²) < 4.78 is 0. The monoisotopic (exact) mass is 319 g/mol. The molecule has 4 nitrogen and oxygen atoms in total. The normalized spacial score (nSPS) is 11.5. The van der Waals surface area contributed by atoms with Crippen LogP contribution in [-0.2, 0) is 11.3 Å². The van der Waals surface area contributed by atoms with Crippen LogP contribution in [0, 0.1) is 0 Å². The van der Waals surface area contributed by atoms with Crippen molar-refractivity contribution in [3.8, 4) is 0 Å². The van der Waals surface area contributed by atoms with Crippen LogP contribution in [0.1, 0.15) is 36.7 Å². The van der Waals surface area contributed by atoms with Crippen LogP contribution in [0.4, 0.5) is 0 Å². The highest BCUT2D eigenvalue weighted by atomic mass is 16.1. The van der Waals surface area contributed by atoms with Gasteiger partial charge >= 0.3 is 0 Å². The highest BCUT2D eigenvalue weighted by Gasteiger charge is 2.03. The quantitative estimate of drug-likeness (QED) is 0.698. The second-order valence-electron chi connectivity index (χ2n) is 6.07. The van der Waals surface area contributed by atoms with E-state index >= 15 is 0 Å². The second kappa shape index (κ2) is 7.13. The van der Waals surface area contributed by atoms with Gasteiger partial charge in [-0.05, 0) is 35.3 Å². The van der Waals surface area contributed by atoms with Gasteiger partial charge in [-0.1, -0.05) is 50.2 Å². The zero-order valence-electron chi connectivity index (χ0n) is 13.9. The van der Waals surface area contributed by atoms with Gasteiger partial charge in [-0.25, -0.2) is 4.98 Å². The maximum atomic E-state index is 11.9. The number of carbonyl (C=O) groups excluding carboxylic acids is 1. The Labute approximate surface area is 141 Å². The molecule has 3 rings (SSSR count). The first-order valence-electron chi connectivity index (χ1n) is 8.11. The van der Waals surface area contributed by atoms with Gasteiger partial charge in [-0.2, -0.15) is 0 Å². The van der Waals surface area contributed by atoms with Crippen LogP contribution in [0.15, 0.2) is 54.6 Å². The Morgan fingerprint density at radius 3 is 2.62 bits per heavy atom. The lowest BCUT2D eigenvalue weighted by atomic mass is 10.0. The summed E-state index contributed by atoms with van der Waals surface area (Å²) in [6.07, 6.45) is 3.37. The summed E-state index contributed by atoms with van der Waals surface area (Å²) in [4.78, 5) is 19.6. The molecule has 1 amide bonds. The van der Waals surface area contributed by atoms with Gasteiger partial charge in [-0.3, -0.25) is 4.79 Å². The van der Waals surface area contributed by atoms with Crippen LogP contribution < -0.4 is 5.32 Å². The number of para-hydroxylation sites is 2. The Hall–Kier alpha value is -2.88. The molecule has 24 heavy (non-hydrogen) atoms. The van der Waals surface area contributed by atoms with Crippen molar-refractivity contribution in [1.29, 1.82) is 0 Å². The standard InChI is InChI=1S/C20H21N3O/c1-14(2)16-10-7-15(8-11-16)9-12-20(24)21-13-19-22-17-5-3-4-6-18(17)23-19/h3-12,14H,13H2,1-2H3,(H,21,24)(H,22,23)/b12-9+. The van der Waals surface area contributed by atoms with Crippen molar-refractivity contribution in [3.05, 3.63) is 71.6 Å². The van der Waals surface area contributed by atoms with Gasteiger partial charge < -0.3 is 10.3 Å². The third-order valence-electron chi connectivity index (χ3n) is 3.90. The molecule has 1 aromatic heterocycles. The van der Waals surface area contributed by atoms with Crippen molar-refractivity contribution in [2.75, 3.05) is 0 Å². The highest BCUT2D eigenvalue weighted by Crippen LogP contribution is 2.15. The molecule has 0 fully saturated rings. The lowest BCUT2D eigenvalue weighted by molar-refractivity contribution is -0.116. The summed E-state index contributed by atoms with van der Waals surface area (Å²) in [7, 11) is 0. The number of H-pyrrole nitrogens is 1. The predicted octanol–water partition coefficient (Wildman–Crippen LogP) is 4.02. The third-order valence-corrected chi connectivity index (χ3v) is 3.90. The van der Waals surface area contributed by atoms with E-state index in [4.69, 9.17) is 0 Å². The van der Waals surface area contributed by atoms with Gasteiger partial charge in [0.25, 0.3) is 0 Å². The predicted molar refractivity (Wildman–Crippen MR) is 97.5 cm³/mol. The lowest BCUT2D eigenvalue weighted by Gasteiger charge is -2.04. The Kier molecular flexibility index (Phi) is 4.75. The fraction of sp³-hybridized carbons (Fsp3) is 0.200. The Morgan fingerprint density at radius 2 is 1.92 bits per heavy atom. The molecule has 4 heteroatoms. The largest absolute Gasteiger partial charge is 0.345 e. The topological polar surface area (TPSA) is 57.8 Å². The van der Waals surface area contributed by atoms with E-state index in [1.807, 2.05) is 42.5 Å². The number of imidazole rings is 1. The Bertz CT molecular complexity index is 827. The number of carbonyl (C=O) groups is 1. The molecular formula is C20H21N3O. The molecule has 0 saturated heterocycles. The fourth-order valence-electron chi connectivity index (χ4n) is 2.48. The van der Waals surface area contributed by atoms with Crippen LogP contribution in [0.2, 0.25) is 0 Å². The minimum Gasteiger partial charge on any atom is -0.345 e. The van der Waals surface area contributed by atoms with Crippen LogP contribution in [0.5, 0.6) is 0 Å². The zero-order valence-corrected chi connectivity index (χ0v) is 13.9. The van der Waals surface area contributed by atoms with E-state index < -0.39 is 0 Å². The summed E-state index contributed by atoms with van der Waals surface area (Å²) in [6, 6.07) is 16.0. The maximum Gasteiger partial charge on any atom is 0.244 e. The second-order valence-corrected chi connectivity index (χ2v) is 6.07. The summed E-state index contributed by atoms with van der Waals surface area (Å²) in [6.45, 7) is 4.71. The van der Waals surface area contributed by atoms with Crippen molar-refractivity contribution in [3.63, 3.8) is 0 Å². The van der Waals surface area contributed by atoms with Gasteiger partial charge in [0.15, 0.2) is 0 Å². The Balaban J connectivity index is 1.56. The van der Waals surface area contributed by atoms with Crippen molar-refractivity contribution in [2.24, 2.45) is 0 Å². The number of hydrogen-bond acceptors (Lipinski definition) is 2. The molecular weight excluding hydrogens is 298 g/mol. The average molecular weight is 319 g/mol. The van der Waals surface area contributed by atoms with Gasteiger partial charge in [0.2, 0.25) is 5.91 Å². The number of hydrogen-bond donors (Lipinski definition) is 2. The highest BCUT2D eigenvalue weighted by molar-refractivity contribution is 5.91. The SMILES string of the molecule is CC(C)c1ccc(/C=C/C(=O)NCc2nc3ccccc3[nH]2)cc1. The molecule has 0 unspecified atom stereocenters. The number of rotatable bonds is 5. The molecule has 2 aromatic carbocycles. The lowest BCUT2D eigenvalue weighted by Crippen LogP contribution is -2.20. The number of benzene rings is 2.